The van der Waals surface area contributed by atoms with Crippen LogP contribution in [0.2, 0.25) is 5.54 Å². The number of hydrogen-bond donors (Lipinski definition) is 0. The number of unbranched alkanes of at least 4 members (excludes halogenated alkanes) is 8. The van der Waals surface area contributed by atoms with Gasteiger partial charge >= 0.3 is 8.80 Å². The summed E-state index contributed by atoms with van der Waals surface area (Å²) in [6.07, 6.45) is 16.3. The van der Waals surface area contributed by atoms with Crippen LogP contribution < -0.4 is 0 Å². The van der Waals surface area contributed by atoms with Crippen LogP contribution in [0.1, 0.15) is 84.5 Å². The number of halogens is 1. The van der Waals surface area contributed by atoms with Gasteiger partial charge in [0.15, 0.2) is 0 Å². The SMILES string of the molecule is CCCCCCCCCCCC(/C=C/Cl)C(CC)[Si](OC)(OC)OC. The molecule has 0 heterocycles. The maximum absolute atomic E-state index is 5.91. The summed E-state index contributed by atoms with van der Waals surface area (Å²) < 4.78 is 17.2. The summed E-state index contributed by atoms with van der Waals surface area (Å²) in [5.41, 5.74) is 1.89. The lowest BCUT2D eigenvalue weighted by Gasteiger charge is -2.35. The Labute approximate surface area is 162 Å². The van der Waals surface area contributed by atoms with E-state index in [9.17, 15) is 0 Å². The van der Waals surface area contributed by atoms with Crippen LogP contribution in [0, 0.1) is 5.92 Å². The molecular formula is C20H41ClO3Si. The summed E-state index contributed by atoms with van der Waals surface area (Å²) in [6, 6.07) is 0. The summed E-state index contributed by atoms with van der Waals surface area (Å²) in [5.74, 6) is 0.346. The molecule has 2 atom stereocenters. The van der Waals surface area contributed by atoms with Crippen LogP contribution in [0.15, 0.2) is 11.6 Å². The third-order valence-corrected chi connectivity index (χ3v) is 8.82. The summed E-state index contributed by atoms with van der Waals surface area (Å²) in [4.78, 5) is 0. The maximum Gasteiger partial charge on any atom is 0.504 e. The quantitative estimate of drug-likeness (QED) is 0.198. The molecule has 0 aromatic rings. The lowest BCUT2D eigenvalue weighted by atomic mass is 9.95. The van der Waals surface area contributed by atoms with Crippen LogP contribution in [0.3, 0.4) is 0 Å². The molecule has 2 unspecified atom stereocenters. The van der Waals surface area contributed by atoms with Gasteiger partial charge in [0.2, 0.25) is 0 Å². The highest BCUT2D eigenvalue weighted by Gasteiger charge is 2.49. The third kappa shape index (κ3) is 9.57. The van der Waals surface area contributed by atoms with E-state index >= 15 is 0 Å². The Bertz CT molecular complexity index is 314. The predicted molar refractivity (Wildman–Crippen MR) is 111 cm³/mol. The van der Waals surface area contributed by atoms with Crippen molar-refractivity contribution in [2.45, 2.75) is 90.0 Å². The zero-order valence-electron chi connectivity index (χ0n) is 17.2. The lowest BCUT2D eigenvalue weighted by Crippen LogP contribution is -2.49. The van der Waals surface area contributed by atoms with Gasteiger partial charge in [0.25, 0.3) is 0 Å². The minimum absolute atomic E-state index is 0.247. The molecule has 0 radical (unpaired) electrons. The average molecular weight is 393 g/mol. The van der Waals surface area contributed by atoms with Crippen molar-refractivity contribution in [2.24, 2.45) is 5.92 Å². The second-order valence-electron chi connectivity index (χ2n) is 6.83. The van der Waals surface area contributed by atoms with Crippen LogP contribution in [0.4, 0.5) is 0 Å². The molecule has 0 aromatic heterocycles. The molecule has 25 heavy (non-hydrogen) atoms. The first-order chi connectivity index (χ1) is 12.2. The Hall–Kier alpha value is 0.127. The molecule has 0 spiro atoms. The molecule has 0 saturated heterocycles. The Morgan fingerprint density at radius 1 is 0.800 bits per heavy atom. The van der Waals surface area contributed by atoms with Crippen molar-refractivity contribution >= 4 is 20.4 Å². The molecule has 0 aromatic carbocycles. The van der Waals surface area contributed by atoms with Crippen LogP contribution in [0.25, 0.3) is 0 Å². The van der Waals surface area contributed by atoms with E-state index in [1.165, 1.54) is 57.8 Å². The Kier molecular flexibility index (Phi) is 16.4. The van der Waals surface area contributed by atoms with Gasteiger partial charge in [0.1, 0.15) is 0 Å². The topological polar surface area (TPSA) is 27.7 Å². The van der Waals surface area contributed by atoms with Gasteiger partial charge in [-0.2, -0.15) is 0 Å². The molecule has 0 N–H and O–H groups in total. The van der Waals surface area contributed by atoms with Gasteiger partial charge in [-0.25, -0.2) is 0 Å². The van der Waals surface area contributed by atoms with Gasteiger partial charge in [-0.1, -0.05) is 89.3 Å². The van der Waals surface area contributed by atoms with Crippen molar-refractivity contribution < 1.29 is 13.3 Å². The Morgan fingerprint density at radius 2 is 1.28 bits per heavy atom. The second kappa shape index (κ2) is 16.3. The Balaban J connectivity index is 4.35. The van der Waals surface area contributed by atoms with Crippen molar-refractivity contribution in [1.29, 1.82) is 0 Å². The highest BCUT2D eigenvalue weighted by atomic mass is 35.5. The zero-order chi connectivity index (χ0) is 19.0. The summed E-state index contributed by atoms with van der Waals surface area (Å²) in [7, 11) is 2.44. The normalized spacial score (nSPS) is 15.0. The molecule has 0 rings (SSSR count). The van der Waals surface area contributed by atoms with Gasteiger partial charge in [0.05, 0.1) is 0 Å². The minimum atomic E-state index is -2.65. The van der Waals surface area contributed by atoms with E-state index in [4.69, 9.17) is 24.9 Å². The van der Waals surface area contributed by atoms with Crippen molar-refractivity contribution in [3.63, 3.8) is 0 Å². The third-order valence-electron chi connectivity index (χ3n) is 5.23. The van der Waals surface area contributed by atoms with Gasteiger partial charge in [0, 0.05) is 32.4 Å². The Morgan fingerprint density at radius 3 is 1.68 bits per heavy atom. The van der Waals surface area contributed by atoms with E-state index in [-0.39, 0.29) is 5.54 Å². The van der Waals surface area contributed by atoms with Gasteiger partial charge < -0.3 is 13.3 Å². The van der Waals surface area contributed by atoms with Crippen LogP contribution >= 0.6 is 11.6 Å². The van der Waals surface area contributed by atoms with Crippen LogP contribution in [-0.4, -0.2) is 30.1 Å². The zero-order valence-corrected chi connectivity index (χ0v) is 18.9. The first kappa shape index (κ1) is 25.1. The largest absolute Gasteiger partial charge is 0.504 e. The lowest BCUT2D eigenvalue weighted by molar-refractivity contribution is 0.103. The first-order valence-electron chi connectivity index (χ1n) is 10.1. The fraction of sp³-hybridized carbons (Fsp3) is 0.900. The minimum Gasteiger partial charge on any atom is -0.377 e. The molecule has 0 aliphatic carbocycles. The number of rotatable bonds is 17. The average Bonchev–Trinajstić information content (AvgIpc) is 2.64. The smallest absolute Gasteiger partial charge is 0.377 e. The second-order valence-corrected chi connectivity index (χ2v) is 10.3. The van der Waals surface area contributed by atoms with Crippen molar-refractivity contribution in [2.75, 3.05) is 21.3 Å². The monoisotopic (exact) mass is 392 g/mol. The number of allylic oxidation sites excluding steroid dienone is 1. The molecule has 0 bridgehead atoms. The highest BCUT2D eigenvalue weighted by Crippen LogP contribution is 2.38. The fourth-order valence-electron chi connectivity index (χ4n) is 3.73. The van der Waals surface area contributed by atoms with E-state index in [2.05, 4.69) is 19.9 Å². The molecule has 0 saturated carbocycles. The molecular weight excluding hydrogens is 352 g/mol. The van der Waals surface area contributed by atoms with E-state index < -0.39 is 8.80 Å². The molecule has 5 heteroatoms. The van der Waals surface area contributed by atoms with Gasteiger partial charge in [-0.3, -0.25) is 0 Å². The first-order valence-corrected chi connectivity index (χ1v) is 12.3. The van der Waals surface area contributed by atoms with Gasteiger partial charge in [-0.15, -0.1) is 0 Å². The van der Waals surface area contributed by atoms with Crippen LogP contribution in [0.5, 0.6) is 0 Å². The highest BCUT2D eigenvalue weighted by molar-refractivity contribution is 6.62. The number of hydrogen-bond acceptors (Lipinski definition) is 3. The standard InChI is InChI=1S/C20H41ClO3Si/c1-6-8-9-10-11-12-13-14-15-16-19(17-18-21)20(7-2)25(22-3,23-4)24-5/h17-20H,6-16H2,1-5H3/b18-17+. The summed E-state index contributed by atoms with van der Waals surface area (Å²) in [6.45, 7) is 4.44. The molecule has 3 nitrogen and oxygen atoms in total. The maximum atomic E-state index is 5.91. The molecule has 0 amide bonds. The van der Waals surface area contributed by atoms with Crippen molar-refractivity contribution in [3.05, 3.63) is 11.6 Å². The van der Waals surface area contributed by atoms with E-state index in [1.807, 2.05) is 0 Å². The molecule has 0 aliphatic rings. The summed E-state index contributed by atoms with van der Waals surface area (Å²) >= 11 is 5.91. The molecule has 150 valence electrons. The van der Waals surface area contributed by atoms with Crippen molar-refractivity contribution in [1.82, 2.24) is 0 Å². The molecule has 0 fully saturated rings. The summed E-state index contributed by atoms with van der Waals surface area (Å²) in [5, 5.41) is 0. The van der Waals surface area contributed by atoms with Crippen LogP contribution in [-0.2, 0) is 13.3 Å². The van der Waals surface area contributed by atoms with E-state index in [1.54, 1.807) is 26.9 Å². The predicted octanol–water partition coefficient (Wildman–Crippen LogP) is 6.93. The van der Waals surface area contributed by atoms with E-state index in [0.29, 0.717) is 5.92 Å². The van der Waals surface area contributed by atoms with Gasteiger partial charge in [-0.05, 0) is 18.8 Å². The fourth-order valence-corrected chi connectivity index (χ4v) is 6.63. The van der Waals surface area contributed by atoms with E-state index in [0.717, 1.165) is 12.8 Å². The molecule has 0 aliphatic heterocycles. The van der Waals surface area contributed by atoms with Crippen molar-refractivity contribution in [3.8, 4) is 0 Å².